The van der Waals surface area contributed by atoms with Gasteiger partial charge in [-0.3, -0.25) is 0 Å². The molecule has 1 fully saturated rings. The molecule has 1 saturated heterocycles. The third-order valence-corrected chi connectivity index (χ3v) is 8.13. The van der Waals surface area contributed by atoms with E-state index >= 15 is 0 Å². The van der Waals surface area contributed by atoms with Crippen molar-refractivity contribution in [1.82, 2.24) is 13.9 Å². The Bertz CT molecular complexity index is 1240. The number of aliphatic hydroxyl groups is 1. The lowest BCUT2D eigenvalue weighted by molar-refractivity contribution is 0.281. The maximum atomic E-state index is 13.4. The van der Waals surface area contributed by atoms with E-state index < -0.39 is 10.0 Å². The SMILES string of the molecule is Cc1ccc(C(C)N2CCC/C(=C\c3ccc(-n4cnc(C)c4)c(CO)c3)S2(=O)=O)cc1. The fourth-order valence-corrected chi connectivity index (χ4v) is 6.08. The Kier molecular flexibility index (Phi) is 6.33. The molecule has 0 bridgehead atoms. The average Bonchev–Trinajstić information content (AvgIpc) is 3.21. The van der Waals surface area contributed by atoms with E-state index in [2.05, 4.69) is 4.98 Å². The molecular formula is C25H29N3O3S. The number of rotatable bonds is 5. The number of hydrogen-bond donors (Lipinski definition) is 1. The minimum atomic E-state index is -3.58. The van der Waals surface area contributed by atoms with E-state index in [0.29, 0.717) is 17.9 Å². The third-order valence-electron chi connectivity index (χ3n) is 6.02. The van der Waals surface area contributed by atoms with Crippen LogP contribution in [-0.4, -0.2) is 33.9 Å². The predicted molar refractivity (Wildman–Crippen MR) is 127 cm³/mol. The summed E-state index contributed by atoms with van der Waals surface area (Å²) >= 11 is 0. The van der Waals surface area contributed by atoms with Gasteiger partial charge in [0.2, 0.25) is 10.0 Å². The fourth-order valence-electron chi connectivity index (χ4n) is 4.18. The van der Waals surface area contributed by atoms with E-state index in [0.717, 1.165) is 40.1 Å². The summed E-state index contributed by atoms with van der Waals surface area (Å²) in [5.41, 5.74) is 5.33. The van der Waals surface area contributed by atoms with Crippen molar-refractivity contribution in [3.63, 3.8) is 0 Å². The third kappa shape index (κ3) is 4.41. The van der Waals surface area contributed by atoms with Gasteiger partial charge in [-0.25, -0.2) is 13.4 Å². The lowest BCUT2D eigenvalue weighted by Gasteiger charge is -2.33. The Hall–Kier alpha value is -2.74. The van der Waals surface area contributed by atoms with Crippen LogP contribution in [0.1, 0.15) is 53.8 Å². The Morgan fingerprint density at radius 3 is 2.56 bits per heavy atom. The first-order chi connectivity index (χ1) is 15.3. The van der Waals surface area contributed by atoms with E-state index in [4.69, 9.17) is 0 Å². The van der Waals surface area contributed by atoms with Crippen LogP contribution in [0.15, 0.2) is 59.9 Å². The smallest absolute Gasteiger partial charge is 0.239 e. The lowest BCUT2D eigenvalue weighted by Crippen LogP contribution is -2.38. The zero-order chi connectivity index (χ0) is 22.9. The molecule has 0 spiro atoms. The number of benzene rings is 2. The van der Waals surface area contributed by atoms with Crippen molar-refractivity contribution in [2.45, 2.75) is 46.3 Å². The monoisotopic (exact) mass is 451 g/mol. The van der Waals surface area contributed by atoms with Crippen LogP contribution in [0.3, 0.4) is 0 Å². The first-order valence-electron chi connectivity index (χ1n) is 10.8. The highest BCUT2D eigenvalue weighted by Gasteiger charge is 2.34. The van der Waals surface area contributed by atoms with Gasteiger partial charge in [-0.05, 0) is 62.9 Å². The molecule has 0 amide bonds. The molecule has 0 saturated carbocycles. The molecule has 1 aliphatic rings. The van der Waals surface area contributed by atoms with Gasteiger partial charge >= 0.3 is 0 Å². The van der Waals surface area contributed by atoms with Crippen LogP contribution in [0.25, 0.3) is 11.8 Å². The van der Waals surface area contributed by atoms with Crippen LogP contribution in [-0.2, 0) is 16.6 Å². The maximum Gasteiger partial charge on any atom is 0.239 e. The highest BCUT2D eigenvalue weighted by atomic mass is 32.2. The molecule has 1 unspecified atom stereocenters. The summed E-state index contributed by atoms with van der Waals surface area (Å²) in [5, 5.41) is 9.90. The summed E-state index contributed by atoms with van der Waals surface area (Å²) in [7, 11) is -3.58. The number of allylic oxidation sites excluding steroid dienone is 1. The van der Waals surface area contributed by atoms with Crippen LogP contribution < -0.4 is 0 Å². The highest BCUT2D eigenvalue weighted by Crippen LogP contribution is 2.34. The number of nitrogens with zero attached hydrogens (tertiary/aromatic N) is 3. The first-order valence-corrected chi connectivity index (χ1v) is 12.3. The highest BCUT2D eigenvalue weighted by molar-refractivity contribution is 7.93. The first kappa shape index (κ1) is 22.5. The molecule has 6 nitrogen and oxygen atoms in total. The van der Waals surface area contributed by atoms with Crippen molar-refractivity contribution in [3.8, 4) is 5.69 Å². The summed E-state index contributed by atoms with van der Waals surface area (Å²) in [6, 6.07) is 13.4. The molecule has 4 rings (SSSR count). The second-order valence-electron chi connectivity index (χ2n) is 8.39. The zero-order valence-electron chi connectivity index (χ0n) is 18.7. The second kappa shape index (κ2) is 9.02. The summed E-state index contributed by atoms with van der Waals surface area (Å²) in [6.07, 6.45) is 6.63. The van der Waals surface area contributed by atoms with Crippen LogP contribution >= 0.6 is 0 Å². The molecule has 32 heavy (non-hydrogen) atoms. The molecule has 2 aromatic carbocycles. The molecule has 3 aromatic rings. The summed E-state index contributed by atoms with van der Waals surface area (Å²) < 4.78 is 30.3. The molecule has 0 radical (unpaired) electrons. The van der Waals surface area contributed by atoms with Gasteiger partial charge < -0.3 is 9.67 Å². The van der Waals surface area contributed by atoms with Crippen LogP contribution in [0.4, 0.5) is 0 Å². The lowest BCUT2D eigenvalue weighted by atomic mass is 10.1. The Balaban J connectivity index is 1.65. The molecule has 2 heterocycles. The van der Waals surface area contributed by atoms with Gasteiger partial charge in [0.25, 0.3) is 0 Å². The Morgan fingerprint density at radius 1 is 1.16 bits per heavy atom. The van der Waals surface area contributed by atoms with Crippen molar-refractivity contribution in [1.29, 1.82) is 0 Å². The minimum absolute atomic E-state index is 0.146. The van der Waals surface area contributed by atoms with E-state index in [9.17, 15) is 13.5 Å². The molecular weight excluding hydrogens is 422 g/mol. The largest absolute Gasteiger partial charge is 0.392 e. The van der Waals surface area contributed by atoms with Gasteiger partial charge in [0.1, 0.15) is 0 Å². The normalized spacial score (nSPS) is 18.7. The quantitative estimate of drug-likeness (QED) is 0.619. The van der Waals surface area contributed by atoms with Gasteiger partial charge in [0.15, 0.2) is 0 Å². The van der Waals surface area contributed by atoms with Crippen molar-refractivity contribution >= 4 is 16.1 Å². The van der Waals surface area contributed by atoms with Gasteiger partial charge in [-0.1, -0.05) is 35.9 Å². The summed E-state index contributed by atoms with van der Waals surface area (Å²) in [4.78, 5) is 4.66. The van der Waals surface area contributed by atoms with Crippen molar-refractivity contribution < 1.29 is 13.5 Å². The van der Waals surface area contributed by atoms with E-state index in [1.807, 2.05) is 74.0 Å². The van der Waals surface area contributed by atoms with Crippen molar-refractivity contribution in [2.24, 2.45) is 0 Å². The Morgan fingerprint density at radius 2 is 1.91 bits per heavy atom. The van der Waals surface area contributed by atoms with Crippen molar-refractivity contribution in [3.05, 3.63) is 87.8 Å². The van der Waals surface area contributed by atoms with Gasteiger partial charge in [-0.15, -0.1) is 0 Å². The average molecular weight is 452 g/mol. The molecule has 168 valence electrons. The topological polar surface area (TPSA) is 75.4 Å². The van der Waals surface area contributed by atoms with Crippen LogP contribution in [0.2, 0.25) is 0 Å². The van der Waals surface area contributed by atoms with E-state index in [1.54, 1.807) is 16.7 Å². The standard InChI is InChI=1S/C25H29N3O3S/c1-18-6-9-22(10-7-18)20(3)28-12-4-5-24(32(28,30)31)14-21-8-11-25(23(13-21)16-29)27-15-19(2)26-17-27/h6-11,13-15,17,20,29H,4-5,12,16H2,1-3H3/b24-14+. The fraction of sp³-hybridized carbons (Fsp3) is 0.320. The molecule has 1 N–H and O–H groups in total. The Labute approximate surface area is 189 Å². The molecule has 1 atom stereocenters. The van der Waals surface area contributed by atoms with Gasteiger partial charge in [0, 0.05) is 24.3 Å². The predicted octanol–water partition coefficient (Wildman–Crippen LogP) is 4.51. The molecule has 1 aliphatic heterocycles. The van der Waals surface area contributed by atoms with E-state index in [-0.39, 0.29) is 12.6 Å². The number of aryl methyl sites for hydroxylation is 2. The second-order valence-corrected chi connectivity index (χ2v) is 10.3. The van der Waals surface area contributed by atoms with E-state index in [1.165, 1.54) is 0 Å². The van der Waals surface area contributed by atoms with Gasteiger partial charge in [-0.2, -0.15) is 4.31 Å². The maximum absolute atomic E-state index is 13.4. The summed E-state index contributed by atoms with van der Waals surface area (Å²) in [6.45, 7) is 6.23. The number of hydrogen-bond acceptors (Lipinski definition) is 4. The molecule has 0 aliphatic carbocycles. The molecule has 1 aromatic heterocycles. The minimum Gasteiger partial charge on any atom is -0.392 e. The van der Waals surface area contributed by atoms with Crippen molar-refractivity contribution in [2.75, 3.05) is 6.54 Å². The summed E-state index contributed by atoms with van der Waals surface area (Å²) in [5.74, 6) is 0. The number of imidazole rings is 1. The van der Waals surface area contributed by atoms with Crippen LogP contribution in [0.5, 0.6) is 0 Å². The molecule has 7 heteroatoms. The van der Waals surface area contributed by atoms with Crippen LogP contribution in [0, 0.1) is 13.8 Å². The zero-order valence-corrected chi connectivity index (χ0v) is 19.5. The number of aliphatic hydroxyl groups excluding tert-OH is 1. The number of aromatic nitrogens is 2. The van der Waals surface area contributed by atoms with Gasteiger partial charge in [0.05, 0.1) is 29.2 Å². The number of sulfonamides is 1.